The number of carbonyl (C=O) groups is 1. The Bertz CT molecular complexity index is 1230. The Hall–Kier alpha value is -2.48. The SMILES string of the molecule is CN1C(=C2SC(=Nc3ccc(Br)cc3)N(CCc3ccccc3)C2=O)Sc2ccccc21. The molecular formula is C25H20BrN3OS2. The van der Waals surface area contributed by atoms with E-state index in [1.807, 2.05) is 66.5 Å². The van der Waals surface area contributed by atoms with Gasteiger partial charge >= 0.3 is 0 Å². The van der Waals surface area contributed by atoms with Crippen LogP contribution in [-0.4, -0.2) is 29.6 Å². The summed E-state index contributed by atoms with van der Waals surface area (Å²) < 4.78 is 1.00. The summed E-state index contributed by atoms with van der Waals surface area (Å²) in [6.07, 6.45) is 0.776. The van der Waals surface area contributed by atoms with E-state index in [-0.39, 0.29) is 5.91 Å². The summed E-state index contributed by atoms with van der Waals surface area (Å²) in [6.45, 7) is 0.587. The van der Waals surface area contributed by atoms with Crippen molar-refractivity contribution in [3.05, 3.63) is 98.8 Å². The topological polar surface area (TPSA) is 35.9 Å². The maximum absolute atomic E-state index is 13.6. The van der Waals surface area contributed by atoms with Gasteiger partial charge in [-0.05, 0) is 60.1 Å². The molecule has 2 aliphatic rings. The first kappa shape index (κ1) is 21.4. The molecule has 0 unspecified atom stereocenters. The second kappa shape index (κ2) is 9.17. The highest BCUT2D eigenvalue weighted by atomic mass is 79.9. The van der Waals surface area contributed by atoms with E-state index in [2.05, 4.69) is 45.1 Å². The van der Waals surface area contributed by atoms with Gasteiger partial charge in [0.25, 0.3) is 5.91 Å². The van der Waals surface area contributed by atoms with Gasteiger partial charge in [-0.2, -0.15) is 0 Å². The molecule has 0 atom stereocenters. The van der Waals surface area contributed by atoms with Crippen molar-refractivity contribution >= 4 is 61.9 Å². The molecule has 4 nitrogen and oxygen atoms in total. The summed E-state index contributed by atoms with van der Waals surface area (Å²) >= 11 is 6.58. The van der Waals surface area contributed by atoms with E-state index in [0.29, 0.717) is 6.54 Å². The maximum Gasteiger partial charge on any atom is 0.269 e. The number of rotatable bonds is 4. The minimum absolute atomic E-state index is 0.0175. The normalized spacial score (nSPS) is 19.2. The Kier molecular flexibility index (Phi) is 6.13. The Labute approximate surface area is 204 Å². The summed E-state index contributed by atoms with van der Waals surface area (Å²) in [4.78, 5) is 24.3. The van der Waals surface area contributed by atoms with Gasteiger partial charge in [0.1, 0.15) is 4.91 Å². The molecule has 0 aliphatic carbocycles. The third kappa shape index (κ3) is 4.25. The average Bonchev–Trinajstić information content (AvgIpc) is 3.31. The van der Waals surface area contributed by atoms with Crippen molar-refractivity contribution in [3.63, 3.8) is 0 Å². The molecule has 0 saturated carbocycles. The van der Waals surface area contributed by atoms with E-state index in [1.54, 1.807) is 11.8 Å². The monoisotopic (exact) mass is 521 g/mol. The lowest BCUT2D eigenvalue weighted by Gasteiger charge is -2.16. The number of thioether (sulfide) groups is 2. The molecule has 0 bridgehead atoms. The van der Waals surface area contributed by atoms with Crippen molar-refractivity contribution in [2.75, 3.05) is 18.5 Å². The lowest BCUT2D eigenvalue weighted by Crippen LogP contribution is -2.31. The zero-order valence-corrected chi connectivity index (χ0v) is 20.6. The molecule has 160 valence electrons. The highest BCUT2D eigenvalue weighted by Crippen LogP contribution is 2.50. The van der Waals surface area contributed by atoms with Gasteiger partial charge in [0.05, 0.1) is 16.4 Å². The zero-order chi connectivity index (χ0) is 22.1. The summed E-state index contributed by atoms with van der Waals surface area (Å²) in [5.74, 6) is 0.0175. The quantitative estimate of drug-likeness (QED) is 0.359. The van der Waals surface area contributed by atoms with Crippen LogP contribution in [0.2, 0.25) is 0 Å². The highest BCUT2D eigenvalue weighted by Gasteiger charge is 2.38. The van der Waals surface area contributed by atoms with Crippen LogP contribution in [0.5, 0.6) is 0 Å². The largest absolute Gasteiger partial charge is 0.337 e. The third-order valence-corrected chi connectivity index (χ3v) is 8.27. The van der Waals surface area contributed by atoms with Gasteiger partial charge in [-0.15, -0.1) is 0 Å². The lowest BCUT2D eigenvalue weighted by molar-refractivity contribution is -0.122. The second-order valence-corrected chi connectivity index (χ2v) is 10.4. The smallest absolute Gasteiger partial charge is 0.269 e. The van der Waals surface area contributed by atoms with Crippen molar-refractivity contribution in [2.45, 2.75) is 11.3 Å². The number of amidine groups is 1. The molecule has 2 heterocycles. The Morgan fingerprint density at radius 3 is 2.38 bits per heavy atom. The number of para-hydroxylation sites is 1. The van der Waals surface area contributed by atoms with Crippen molar-refractivity contribution in [1.82, 2.24) is 4.90 Å². The number of hydrogen-bond donors (Lipinski definition) is 0. The van der Waals surface area contributed by atoms with Crippen LogP contribution in [-0.2, 0) is 11.2 Å². The molecule has 0 aromatic heterocycles. The predicted molar refractivity (Wildman–Crippen MR) is 138 cm³/mol. The lowest BCUT2D eigenvalue weighted by atomic mass is 10.1. The predicted octanol–water partition coefficient (Wildman–Crippen LogP) is 6.67. The standard InChI is InChI=1S/C25H20BrN3OS2/c1-28-20-9-5-6-10-21(20)31-24(28)22-23(30)29(16-15-17-7-3-2-4-8-17)25(32-22)27-19-13-11-18(26)12-14-19/h2-14H,15-16H2,1H3. The number of aliphatic imine (C=N–C) groups is 1. The number of fused-ring (bicyclic) bond motifs is 1. The first-order valence-corrected chi connectivity index (χ1v) is 12.7. The molecule has 0 spiro atoms. The van der Waals surface area contributed by atoms with E-state index in [0.717, 1.165) is 37.4 Å². The Morgan fingerprint density at radius 2 is 1.62 bits per heavy atom. The first-order valence-electron chi connectivity index (χ1n) is 10.2. The summed E-state index contributed by atoms with van der Waals surface area (Å²) in [7, 11) is 2.02. The van der Waals surface area contributed by atoms with Crippen LogP contribution in [0.3, 0.4) is 0 Å². The van der Waals surface area contributed by atoms with Gasteiger partial charge in [0, 0.05) is 23.0 Å². The maximum atomic E-state index is 13.6. The van der Waals surface area contributed by atoms with E-state index in [9.17, 15) is 4.79 Å². The first-order chi connectivity index (χ1) is 15.6. The van der Waals surface area contributed by atoms with Gasteiger partial charge in [-0.1, -0.05) is 70.2 Å². The van der Waals surface area contributed by atoms with Crippen LogP contribution in [0, 0.1) is 0 Å². The molecule has 0 N–H and O–H groups in total. The third-order valence-electron chi connectivity index (χ3n) is 5.31. The molecule has 1 saturated heterocycles. The summed E-state index contributed by atoms with van der Waals surface area (Å²) in [6, 6.07) is 26.3. The van der Waals surface area contributed by atoms with Crippen molar-refractivity contribution < 1.29 is 4.79 Å². The Balaban J connectivity index is 1.49. The van der Waals surface area contributed by atoms with Gasteiger partial charge in [0.15, 0.2) is 5.17 Å². The van der Waals surface area contributed by atoms with E-state index >= 15 is 0 Å². The summed E-state index contributed by atoms with van der Waals surface area (Å²) in [5, 5.41) is 1.69. The van der Waals surface area contributed by atoms with Gasteiger partial charge in [0.2, 0.25) is 0 Å². The zero-order valence-electron chi connectivity index (χ0n) is 17.4. The molecule has 1 fully saturated rings. The fourth-order valence-electron chi connectivity index (χ4n) is 3.63. The highest BCUT2D eigenvalue weighted by molar-refractivity contribution is 9.10. The number of anilines is 1. The van der Waals surface area contributed by atoms with Crippen LogP contribution >= 0.6 is 39.5 Å². The van der Waals surface area contributed by atoms with Crippen molar-refractivity contribution in [3.8, 4) is 0 Å². The van der Waals surface area contributed by atoms with Crippen LogP contribution in [0.15, 0.2) is 103 Å². The van der Waals surface area contributed by atoms with Crippen LogP contribution in [0.4, 0.5) is 11.4 Å². The molecule has 0 radical (unpaired) electrons. The van der Waals surface area contributed by atoms with Gasteiger partial charge in [-0.3, -0.25) is 9.69 Å². The molecular weight excluding hydrogens is 502 g/mol. The second-order valence-electron chi connectivity index (χ2n) is 7.43. The number of benzene rings is 3. The van der Waals surface area contributed by atoms with Crippen LogP contribution in [0.1, 0.15) is 5.56 Å². The summed E-state index contributed by atoms with van der Waals surface area (Å²) in [5.41, 5.74) is 3.16. The number of carbonyl (C=O) groups excluding carboxylic acids is 1. The van der Waals surface area contributed by atoms with E-state index in [4.69, 9.17) is 4.99 Å². The molecule has 1 amide bonds. The fraction of sp³-hybridized carbons (Fsp3) is 0.120. The van der Waals surface area contributed by atoms with Crippen LogP contribution < -0.4 is 4.90 Å². The van der Waals surface area contributed by atoms with E-state index in [1.165, 1.54) is 22.2 Å². The molecule has 3 aromatic carbocycles. The van der Waals surface area contributed by atoms with Gasteiger partial charge < -0.3 is 4.90 Å². The van der Waals surface area contributed by atoms with Gasteiger partial charge in [-0.25, -0.2) is 4.99 Å². The minimum atomic E-state index is 0.0175. The number of amides is 1. The number of halogens is 1. The molecule has 2 aliphatic heterocycles. The van der Waals surface area contributed by atoms with Crippen LogP contribution in [0.25, 0.3) is 0 Å². The minimum Gasteiger partial charge on any atom is -0.337 e. The fourth-order valence-corrected chi connectivity index (χ4v) is 6.26. The van der Waals surface area contributed by atoms with Crippen molar-refractivity contribution in [1.29, 1.82) is 0 Å². The molecule has 32 heavy (non-hydrogen) atoms. The molecule has 5 rings (SSSR count). The number of hydrogen-bond acceptors (Lipinski definition) is 5. The Morgan fingerprint density at radius 1 is 0.906 bits per heavy atom. The molecule has 7 heteroatoms. The number of nitrogens with zero attached hydrogens (tertiary/aromatic N) is 3. The van der Waals surface area contributed by atoms with Crippen molar-refractivity contribution in [2.24, 2.45) is 4.99 Å². The van der Waals surface area contributed by atoms with E-state index < -0.39 is 0 Å². The average molecular weight is 522 g/mol. The molecule has 3 aromatic rings.